The smallest absolute Gasteiger partial charge is 0.416 e. The second-order valence-electron chi connectivity index (χ2n) is 5.01. The predicted octanol–water partition coefficient (Wildman–Crippen LogP) is 5.36. The van der Waals surface area contributed by atoms with Crippen molar-refractivity contribution in [1.29, 1.82) is 0 Å². The molecule has 1 nitrogen and oxygen atoms in total. The molecule has 0 atom stereocenters. The molecule has 120 valence electrons. The Hall–Kier alpha value is -2.18. The minimum Gasteiger partial charge on any atom is -0.477 e. The molecule has 0 aliphatic carbocycles. The van der Waals surface area contributed by atoms with Gasteiger partial charge in [-0.15, -0.1) is 0 Å². The van der Waals surface area contributed by atoms with E-state index in [1.807, 2.05) is 0 Å². The Morgan fingerprint density at radius 2 is 1.48 bits per heavy atom. The Morgan fingerprint density at radius 3 is 2.04 bits per heavy atom. The van der Waals surface area contributed by atoms with Crippen LogP contribution in [0.15, 0.2) is 36.4 Å². The fourth-order valence-electron chi connectivity index (χ4n) is 2.37. The first-order chi connectivity index (χ1) is 10.7. The van der Waals surface area contributed by atoms with Crippen LogP contribution in [0.2, 0.25) is 0 Å². The molecule has 2 aromatic rings. The van der Waals surface area contributed by atoms with Crippen molar-refractivity contribution in [3.05, 3.63) is 59.7 Å². The predicted molar refractivity (Wildman–Crippen MR) is 69.5 cm³/mol. The van der Waals surface area contributed by atoms with Crippen LogP contribution in [0, 0.1) is 6.61 Å². The van der Waals surface area contributed by atoms with Gasteiger partial charge in [-0.05, 0) is 29.3 Å². The van der Waals surface area contributed by atoms with Crippen molar-refractivity contribution in [2.75, 3.05) is 0 Å². The zero-order chi connectivity index (χ0) is 16.8. The number of benzene rings is 2. The highest BCUT2D eigenvalue weighted by Gasteiger charge is 2.37. The summed E-state index contributed by atoms with van der Waals surface area (Å²) in [5.74, 6) is 0.236. The summed E-state index contributed by atoms with van der Waals surface area (Å²) in [6, 6.07) is 6.13. The third-order valence-corrected chi connectivity index (χ3v) is 3.43. The summed E-state index contributed by atoms with van der Waals surface area (Å²) in [5, 5.41) is 0. The molecule has 23 heavy (non-hydrogen) atoms. The fraction of sp³-hybridized carbons (Fsp3) is 0.188. The fourth-order valence-corrected chi connectivity index (χ4v) is 2.37. The first kappa shape index (κ1) is 15.7. The van der Waals surface area contributed by atoms with Gasteiger partial charge in [0.15, 0.2) is 0 Å². The Kier molecular flexibility index (Phi) is 3.54. The molecule has 0 fully saturated rings. The molecule has 0 amide bonds. The van der Waals surface area contributed by atoms with Gasteiger partial charge in [0, 0.05) is 12.0 Å². The average Bonchev–Trinajstić information content (AvgIpc) is 2.93. The Balaban J connectivity index is 2.22. The van der Waals surface area contributed by atoms with Crippen LogP contribution >= 0.6 is 0 Å². The van der Waals surface area contributed by atoms with Crippen molar-refractivity contribution in [3.63, 3.8) is 0 Å². The normalized spacial score (nSPS) is 14.5. The molecule has 0 bridgehead atoms. The second-order valence-corrected chi connectivity index (χ2v) is 5.01. The lowest BCUT2D eigenvalue weighted by molar-refractivity contribution is -0.143. The molecule has 0 saturated heterocycles. The highest BCUT2D eigenvalue weighted by Crippen LogP contribution is 2.42. The molecule has 0 aromatic heterocycles. The van der Waals surface area contributed by atoms with Gasteiger partial charge in [0.2, 0.25) is 6.61 Å². The number of para-hydroxylation sites is 1. The summed E-state index contributed by atoms with van der Waals surface area (Å²) in [4.78, 5) is 0. The maximum absolute atomic E-state index is 12.9. The minimum atomic E-state index is -4.88. The molecule has 0 spiro atoms. The van der Waals surface area contributed by atoms with E-state index in [1.165, 1.54) is 6.07 Å². The average molecular weight is 330 g/mol. The van der Waals surface area contributed by atoms with Gasteiger partial charge in [-0.3, -0.25) is 0 Å². The monoisotopic (exact) mass is 330 g/mol. The summed E-state index contributed by atoms with van der Waals surface area (Å²) < 4.78 is 82.6. The zero-order valence-electron chi connectivity index (χ0n) is 11.3. The molecule has 0 N–H and O–H groups in total. The van der Waals surface area contributed by atoms with Crippen molar-refractivity contribution in [1.82, 2.24) is 0 Å². The first-order valence-electron chi connectivity index (χ1n) is 6.48. The molecular weight excluding hydrogens is 322 g/mol. The van der Waals surface area contributed by atoms with Crippen LogP contribution < -0.4 is 4.74 Å². The highest BCUT2D eigenvalue weighted by molar-refractivity contribution is 5.74. The lowest BCUT2D eigenvalue weighted by Crippen LogP contribution is -2.11. The van der Waals surface area contributed by atoms with E-state index in [2.05, 4.69) is 6.61 Å². The molecule has 1 heterocycles. The van der Waals surface area contributed by atoms with E-state index >= 15 is 0 Å². The zero-order valence-corrected chi connectivity index (χ0v) is 11.3. The first-order valence-corrected chi connectivity index (χ1v) is 6.48. The van der Waals surface area contributed by atoms with Crippen LogP contribution in [0.1, 0.15) is 16.7 Å². The Bertz CT molecular complexity index is 713. The summed E-state index contributed by atoms with van der Waals surface area (Å²) in [5.41, 5.74) is -2.08. The molecule has 1 aliphatic heterocycles. The van der Waals surface area contributed by atoms with Gasteiger partial charge in [0.05, 0.1) is 11.1 Å². The van der Waals surface area contributed by atoms with Gasteiger partial charge in [-0.1, -0.05) is 18.2 Å². The number of ether oxygens (including phenoxy) is 1. The van der Waals surface area contributed by atoms with E-state index in [-0.39, 0.29) is 22.9 Å². The third kappa shape index (κ3) is 3.00. The van der Waals surface area contributed by atoms with Crippen LogP contribution in [0.3, 0.4) is 0 Å². The van der Waals surface area contributed by atoms with Gasteiger partial charge in [0.1, 0.15) is 5.75 Å². The van der Waals surface area contributed by atoms with Crippen molar-refractivity contribution in [2.24, 2.45) is 0 Å². The van der Waals surface area contributed by atoms with Gasteiger partial charge >= 0.3 is 12.4 Å². The lowest BCUT2D eigenvalue weighted by atomic mass is 9.97. The summed E-state index contributed by atoms with van der Waals surface area (Å²) >= 11 is 0. The van der Waals surface area contributed by atoms with Gasteiger partial charge < -0.3 is 4.74 Å². The quantitative estimate of drug-likeness (QED) is 0.639. The van der Waals surface area contributed by atoms with Crippen LogP contribution in [0.4, 0.5) is 26.3 Å². The molecule has 2 radical (unpaired) electrons. The van der Waals surface area contributed by atoms with E-state index in [0.717, 1.165) is 0 Å². The highest BCUT2D eigenvalue weighted by atomic mass is 19.4. The molecule has 2 aromatic carbocycles. The van der Waals surface area contributed by atoms with Crippen molar-refractivity contribution in [2.45, 2.75) is 18.8 Å². The number of hydrogen-bond acceptors (Lipinski definition) is 1. The number of alkyl halides is 6. The molecule has 1 aliphatic rings. The maximum atomic E-state index is 12.9. The topological polar surface area (TPSA) is 9.23 Å². The van der Waals surface area contributed by atoms with E-state index < -0.39 is 23.5 Å². The molecule has 7 heteroatoms. The second kappa shape index (κ2) is 5.18. The third-order valence-electron chi connectivity index (χ3n) is 3.43. The van der Waals surface area contributed by atoms with Gasteiger partial charge in [-0.25, -0.2) is 0 Å². The van der Waals surface area contributed by atoms with E-state index in [4.69, 9.17) is 4.74 Å². The SMILES string of the molecule is FC(F)(F)c1cc(-c2cccc3c2O[C]C3)cc(C(F)(F)F)c1. The van der Waals surface area contributed by atoms with Gasteiger partial charge in [0.25, 0.3) is 0 Å². The number of halogens is 6. The van der Waals surface area contributed by atoms with Crippen molar-refractivity contribution in [3.8, 4) is 16.9 Å². The van der Waals surface area contributed by atoms with E-state index in [1.54, 1.807) is 12.1 Å². The number of hydrogen-bond donors (Lipinski definition) is 0. The number of fused-ring (bicyclic) bond motifs is 1. The molecule has 0 saturated carbocycles. The van der Waals surface area contributed by atoms with E-state index in [9.17, 15) is 26.3 Å². The van der Waals surface area contributed by atoms with Crippen LogP contribution in [-0.4, -0.2) is 0 Å². The summed E-state index contributed by atoms with van der Waals surface area (Å²) in [6.07, 6.45) is -9.44. The Labute approximate surface area is 127 Å². The Morgan fingerprint density at radius 1 is 0.870 bits per heavy atom. The minimum absolute atomic E-state index is 0.103. The van der Waals surface area contributed by atoms with Crippen LogP contribution in [0.25, 0.3) is 11.1 Å². The molecule has 3 rings (SSSR count). The maximum Gasteiger partial charge on any atom is 0.416 e. The number of rotatable bonds is 1. The van der Waals surface area contributed by atoms with Crippen molar-refractivity contribution < 1.29 is 31.1 Å². The van der Waals surface area contributed by atoms with E-state index in [0.29, 0.717) is 24.1 Å². The van der Waals surface area contributed by atoms with Crippen LogP contribution in [-0.2, 0) is 18.8 Å². The van der Waals surface area contributed by atoms with Crippen molar-refractivity contribution >= 4 is 0 Å². The standard InChI is InChI=1S/C16H8F6O/c17-15(18,19)11-6-10(7-12(8-11)16(20,21)22)13-3-1-2-9-4-5-23-14(9)13/h1-3,6-8H,4H2. The molecular formula is C16H8F6O. The summed E-state index contributed by atoms with van der Waals surface area (Å²) in [7, 11) is 0. The summed E-state index contributed by atoms with van der Waals surface area (Å²) in [6.45, 7) is 2.54. The molecule has 0 unspecified atom stereocenters. The lowest BCUT2D eigenvalue weighted by Gasteiger charge is -2.15. The van der Waals surface area contributed by atoms with Crippen LogP contribution in [0.5, 0.6) is 5.75 Å². The van der Waals surface area contributed by atoms with Gasteiger partial charge in [-0.2, -0.15) is 26.3 Å². The largest absolute Gasteiger partial charge is 0.477 e.